The van der Waals surface area contributed by atoms with Crippen molar-refractivity contribution >= 4 is 33.3 Å². The minimum Gasteiger partial charge on any atom is -0.336 e. The van der Waals surface area contributed by atoms with Crippen molar-refractivity contribution in [3.05, 3.63) is 65.8 Å². The van der Waals surface area contributed by atoms with E-state index in [4.69, 9.17) is 4.98 Å². The maximum Gasteiger partial charge on any atom is 0.261 e. The van der Waals surface area contributed by atoms with Gasteiger partial charge in [0.15, 0.2) is 11.6 Å². The molecule has 0 spiro atoms. The molecule has 12 heteroatoms. The summed E-state index contributed by atoms with van der Waals surface area (Å²) in [4.78, 5) is 23.6. The molecule has 0 radical (unpaired) electrons. The fraction of sp³-hybridized carbons (Fsp3) is 0.192. The summed E-state index contributed by atoms with van der Waals surface area (Å²) < 4.78 is 43.2. The zero-order chi connectivity index (χ0) is 25.9. The standard InChI is InChI=1S/C26H19F3N8S/c27-20-19-17(11-32-21(20)15-8-14(9-30-10-15)12-37-6-4-26(28,29)13-37)35-36-24(19)25-33-16-3-5-31-23(22(16)34-25)18-2-1-7-38-18/h1-3,5,7-11H,4,6,12-13H2,(H,33,34)(H,35,36). The molecule has 7 heterocycles. The van der Waals surface area contributed by atoms with Crippen molar-refractivity contribution in [1.82, 2.24) is 40.0 Å². The SMILES string of the molecule is Fc1c(-c2cncc(CN3CCC(F)(F)C3)c2)ncc2[nH]nc(-c3nc4c(-c5cccs5)nccc4[nH]3)c12. The maximum atomic E-state index is 16.0. The highest BCUT2D eigenvalue weighted by molar-refractivity contribution is 7.13. The number of hydrogen-bond acceptors (Lipinski definition) is 7. The van der Waals surface area contributed by atoms with E-state index < -0.39 is 11.7 Å². The number of hydrogen-bond donors (Lipinski definition) is 2. The van der Waals surface area contributed by atoms with Crippen LogP contribution in [0.4, 0.5) is 13.2 Å². The van der Waals surface area contributed by atoms with Gasteiger partial charge in [0.25, 0.3) is 5.92 Å². The Morgan fingerprint density at radius 2 is 1.97 bits per heavy atom. The van der Waals surface area contributed by atoms with E-state index in [-0.39, 0.29) is 24.0 Å². The Balaban J connectivity index is 1.28. The van der Waals surface area contributed by atoms with Crippen molar-refractivity contribution in [1.29, 1.82) is 0 Å². The van der Waals surface area contributed by atoms with E-state index in [9.17, 15) is 8.78 Å². The quantitative estimate of drug-likeness (QED) is 0.297. The van der Waals surface area contributed by atoms with Gasteiger partial charge in [-0.05, 0) is 29.1 Å². The number of aromatic nitrogens is 7. The first-order valence-electron chi connectivity index (χ1n) is 11.9. The van der Waals surface area contributed by atoms with Crippen LogP contribution in [0.25, 0.3) is 55.3 Å². The van der Waals surface area contributed by atoms with Gasteiger partial charge in [-0.3, -0.25) is 25.0 Å². The summed E-state index contributed by atoms with van der Waals surface area (Å²) in [6, 6.07) is 7.47. The Bertz CT molecular complexity index is 1790. The fourth-order valence-electron chi connectivity index (χ4n) is 4.89. The predicted molar refractivity (Wildman–Crippen MR) is 138 cm³/mol. The van der Waals surface area contributed by atoms with Crippen LogP contribution in [0.5, 0.6) is 0 Å². The molecule has 6 aromatic heterocycles. The highest BCUT2D eigenvalue weighted by atomic mass is 32.1. The smallest absolute Gasteiger partial charge is 0.261 e. The minimum absolute atomic E-state index is 0.0957. The van der Waals surface area contributed by atoms with Gasteiger partial charge in [0.2, 0.25) is 0 Å². The van der Waals surface area contributed by atoms with Gasteiger partial charge < -0.3 is 4.98 Å². The molecule has 0 unspecified atom stereocenters. The van der Waals surface area contributed by atoms with Gasteiger partial charge in [0, 0.05) is 43.7 Å². The second kappa shape index (κ2) is 8.71. The Morgan fingerprint density at radius 3 is 2.79 bits per heavy atom. The van der Waals surface area contributed by atoms with Crippen LogP contribution in [0.1, 0.15) is 12.0 Å². The van der Waals surface area contributed by atoms with E-state index in [2.05, 4.69) is 30.1 Å². The van der Waals surface area contributed by atoms with Crippen LogP contribution < -0.4 is 0 Å². The topological polar surface area (TPSA) is 99.3 Å². The largest absolute Gasteiger partial charge is 0.336 e. The maximum absolute atomic E-state index is 16.0. The number of fused-ring (bicyclic) bond motifs is 2. The van der Waals surface area contributed by atoms with E-state index in [1.807, 2.05) is 23.6 Å². The van der Waals surface area contributed by atoms with Crippen LogP contribution >= 0.6 is 11.3 Å². The number of nitrogens with zero attached hydrogens (tertiary/aromatic N) is 6. The number of H-pyrrole nitrogens is 2. The molecule has 38 heavy (non-hydrogen) atoms. The van der Waals surface area contributed by atoms with Crippen molar-refractivity contribution in [2.75, 3.05) is 13.1 Å². The minimum atomic E-state index is -2.68. The first-order valence-corrected chi connectivity index (χ1v) is 12.8. The van der Waals surface area contributed by atoms with Crippen LogP contribution in [0.3, 0.4) is 0 Å². The average molecular weight is 533 g/mol. The lowest BCUT2D eigenvalue weighted by atomic mass is 10.1. The molecule has 7 rings (SSSR count). The summed E-state index contributed by atoms with van der Waals surface area (Å²) in [7, 11) is 0. The summed E-state index contributed by atoms with van der Waals surface area (Å²) in [6.45, 7) is 0.307. The molecule has 0 bridgehead atoms. The van der Waals surface area contributed by atoms with Crippen molar-refractivity contribution in [2.45, 2.75) is 18.9 Å². The van der Waals surface area contributed by atoms with Gasteiger partial charge in [-0.1, -0.05) is 6.07 Å². The number of thiophene rings is 1. The molecule has 1 aliphatic heterocycles. The second-order valence-corrected chi connectivity index (χ2v) is 10.2. The number of nitrogens with one attached hydrogen (secondary N) is 2. The molecule has 0 aliphatic carbocycles. The van der Waals surface area contributed by atoms with Crippen LogP contribution in [0.15, 0.2) is 54.4 Å². The van der Waals surface area contributed by atoms with Gasteiger partial charge in [0.1, 0.15) is 22.6 Å². The highest BCUT2D eigenvalue weighted by Crippen LogP contribution is 2.35. The lowest BCUT2D eigenvalue weighted by Crippen LogP contribution is -2.24. The lowest BCUT2D eigenvalue weighted by Gasteiger charge is -2.15. The molecule has 0 atom stereocenters. The number of likely N-dealkylation sites (tertiary alicyclic amines) is 1. The van der Waals surface area contributed by atoms with Crippen LogP contribution in [0.2, 0.25) is 0 Å². The Morgan fingerprint density at radius 1 is 1.05 bits per heavy atom. The number of imidazole rings is 1. The molecule has 1 saturated heterocycles. The van der Waals surface area contributed by atoms with Crippen LogP contribution in [0, 0.1) is 5.82 Å². The zero-order valence-electron chi connectivity index (χ0n) is 19.8. The highest BCUT2D eigenvalue weighted by Gasteiger charge is 2.38. The molecule has 1 aliphatic rings. The first-order chi connectivity index (χ1) is 18.4. The Kier molecular flexibility index (Phi) is 5.27. The molecule has 2 N–H and O–H groups in total. The summed E-state index contributed by atoms with van der Waals surface area (Å²) in [5.74, 6) is -2.86. The number of alkyl halides is 2. The lowest BCUT2D eigenvalue weighted by molar-refractivity contribution is 0.0115. The Hall–Kier alpha value is -4.16. The molecule has 0 aromatic carbocycles. The summed E-state index contributed by atoms with van der Waals surface area (Å²) in [6.07, 6.45) is 6.17. The first kappa shape index (κ1) is 23.0. The zero-order valence-corrected chi connectivity index (χ0v) is 20.6. The van der Waals surface area contributed by atoms with Crippen molar-refractivity contribution in [2.24, 2.45) is 0 Å². The van der Waals surface area contributed by atoms with E-state index in [1.165, 1.54) is 12.4 Å². The molecule has 0 amide bonds. The molecule has 6 aromatic rings. The van der Waals surface area contributed by atoms with Gasteiger partial charge >= 0.3 is 0 Å². The number of pyridine rings is 3. The molecule has 8 nitrogen and oxygen atoms in total. The molecule has 1 fully saturated rings. The molecular weight excluding hydrogens is 513 g/mol. The van der Waals surface area contributed by atoms with E-state index in [0.717, 1.165) is 16.1 Å². The third kappa shape index (κ3) is 3.92. The average Bonchev–Trinajstić information content (AvgIpc) is 3.70. The van der Waals surface area contributed by atoms with Gasteiger partial charge in [-0.2, -0.15) is 5.10 Å². The number of halogens is 3. The van der Waals surface area contributed by atoms with Crippen LogP contribution in [-0.2, 0) is 6.54 Å². The second-order valence-electron chi connectivity index (χ2n) is 9.30. The molecule has 190 valence electrons. The Labute approximate surface area is 217 Å². The van der Waals surface area contributed by atoms with Crippen molar-refractivity contribution < 1.29 is 13.2 Å². The normalized spacial score (nSPS) is 15.7. The van der Waals surface area contributed by atoms with Gasteiger partial charge in [0.05, 0.1) is 34.0 Å². The van der Waals surface area contributed by atoms with E-state index >= 15 is 4.39 Å². The monoisotopic (exact) mass is 532 g/mol. The van der Waals surface area contributed by atoms with Gasteiger partial charge in [-0.15, -0.1) is 11.3 Å². The van der Waals surface area contributed by atoms with Gasteiger partial charge in [-0.25, -0.2) is 18.2 Å². The van der Waals surface area contributed by atoms with E-state index in [1.54, 1.807) is 34.7 Å². The summed E-state index contributed by atoms with van der Waals surface area (Å²) >= 11 is 1.56. The van der Waals surface area contributed by atoms with Crippen molar-refractivity contribution in [3.8, 4) is 33.3 Å². The fourth-order valence-corrected chi connectivity index (χ4v) is 5.61. The van der Waals surface area contributed by atoms with Crippen molar-refractivity contribution in [3.63, 3.8) is 0 Å². The summed E-state index contributed by atoms with van der Waals surface area (Å²) in [5, 5.41) is 9.39. The van der Waals surface area contributed by atoms with E-state index in [0.29, 0.717) is 46.8 Å². The number of aromatic amines is 2. The molecule has 0 saturated carbocycles. The molecular formula is C26H19F3N8S. The van der Waals surface area contributed by atoms with Crippen LogP contribution in [-0.4, -0.2) is 59.0 Å². The predicted octanol–water partition coefficient (Wildman–Crippen LogP) is 5.67. The third-order valence-corrected chi connectivity index (χ3v) is 7.52. The summed E-state index contributed by atoms with van der Waals surface area (Å²) in [5.41, 5.74) is 4.15. The number of rotatable bonds is 5. The third-order valence-electron chi connectivity index (χ3n) is 6.65.